The van der Waals surface area contributed by atoms with Crippen molar-refractivity contribution < 1.29 is 14.7 Å². The Hall–Kier alpha value is -2.48. The van der Waals surface area contributed by atoms with Crippen LogP contribution in [0, 0.1) is 12.3 Å². The maximum Gasteiger partial charge on any atom is 0.325 e. The average Bonchev–Trinajstić information content (AvgIpc) is 2.45. The predicted molar refractivity (Wildman–Crippen MR) is 75.5 cm³/mol. The summed E-state index contributed by atoms with van der Waals surface area (Å²) in [7, 11) is 0. The first-order chi connectivity index (χ1) is 9.63. The molecular weight excluding hydrogens is 256 g/mol. The summed E-state index contributed by atoms with van der Waals surface area (Å²) in [5, 5.41) is 8.87. The Morgan fingerprint density at radius 2 is 2.15 bits per heavy atom. The van der Waals surface area contributed by atoms with Crippen LogP contribution >= 0.6 is 0 Å². The molecule has 2 amide bonds. The minimum absolute atomic E-state index is 0.0101. The van der Waals surface area contributed by atoms with Gasteiger partial charge in [-0.3, -0.25) is 9.69 Å². The Morgan fingerprint density at radius 1 is 1.40 bits per heavy atom. The molecule has 0 aromatic heterocycles. The molecule has 1 aliphatic heterocycles. The Morgan fingerprint density at radius 3 is 2.85 bits per heavy atom. The highest BCUT2D eigenvalue weighted by molar-refractivity contribution is 5.95. The van der Waals surface area contributed by atoms with Gasteiger partial charge in [0, 0.05) is 12.2 Å². The number of hydrogen-bond acceptors (Lipinski definition) is 2. The Bertz CT molecular complexity index is 562. The van der Waals surface area contributed by atoms with Crippen LogP contribution in [0.5, 0.6) is 0 Å². The number of amides is 2. The van der Waals surface area contributed by atoms with Crippen molar-refractivity contribution in [2.45, 2.75) is 12.8 Å². The fraction of sp³-hybridized carbons (Fsp3) is 0.333. The molecule has 20 heavy (non-hydrogen) atoms. The summed E-state index contributed by atoms with van der Waals surface area (Å²) in [4.78, 5) is 26.1. The van der Waals surface area contributed by atoms with Crippen LogP contribution in [0.15, 0.2) is 24.3 Å². The summed E-state index contributed by atoms with van der Waals surface area (Å²) in [5.74, 6) is 1.26. The maximum atomic E-state index is 12.5. The lowest BCUT2D eigenvalue weighted by Crippen LogP contribution is -2.47. The van der Waals surface area contributed by atoms with Crippen molar-refractivity contribution in [3.05, 3.63) is 29.8 Å². The number of carboxylic acids is 1. The number of fused-ring (bicyclic) bond motifs is 1. The lowest BCUT2D eigenvalue weighted by Gasteiger charge is -2.33. The fourth-order valence-corrected chi connectivity index (χ4v) is 2.37. The Balaban J connectivity index is 2.24. The summed E-state index contributed by atoms with van der Waals surface area (Å²) in [5.41, 5.74) is 1.94. The molecule has 0 bridgehead atoms. The number of carbonyl (C=O) groups is 2. The molecule has 0 spiro atoms. The van der Waals surface area contributed by atoms with Crippen LogP contribution in [0.1, 0.15) is 12.0 Å². The van der Waals surface area contributed by atoms with E-state index >= 15 is 0 Å². The van der Waals surface area contributed by atoms with Gasteiger partial charge in [0.1, 0.15) is 6.54 Å². The van der Waals surface area contributed by atoms with E-state index in [9.17, 15) is 9.59 Å². The molecule has 0 saturated carbocycles. The molecule has 1 aromatic rings. The highest BCUT2D eigenvalue weighted by Crippen LogP contribution is 2.27. The molecule has 1 heterocycles. The highest BCUT2D eigenvalue weighted by atomic mass is 16.4. The van der Waals surface area contributed by atoms with Crippen molar-refractivity contribution in [2.75, 3.05) is 24.5 Å². The van der Waals surface area contributed by atoms with Gasteiger partial charge in [-0.05, 0) is 24.5 Å². The fourth-order valence-electron chi connectivity index (χ4n) is 2.37. The Labute approximate surface area is 117 Å². The van der Waals surface area contributed by atoms with Gasteiger partial charge in [-0.15, -0.1) is 6.42 Å². The predicted octanol–water partition coefficient (Wildman–Crippen LogP) is 1.58. The van der Waals surface area contributed by atoms with E-state index in [1.54, 1.807) is 4.90 Å². The number of benzene rings is 1. The van der Waals surface area contributed by atoms with Crippen LogP contribution in [-0.2, 0) is 11.2 Å². The molecule has 5 nitrogen and oxygen atoms in total. The second-order valence-corrected chi connectivity index (χ2v) is 4.62. The molecule has 5 heteroatoms. The van der Waals surface area contributed by atoms with Gasteiger partial charge in [-0.1, -0.05) is 24.1 Å². The van der Waals surface area contributed by atoms with Crippen molar-refractivity contribution in [2.24, 2.45) is 0 Å². The molecule has 0 unspecified atom stereocenters. The molecule has 2 rings (SSSR count). The van der Waals surface area contributed by atoms with E-state index in [0.717, 1.165) is 24.1 Å². The number of terminal acetylenes is 1. The lowest BCUT2D eigenvalue weighted by molar-refractivity contribution is -0.137. The first-order valence-electron chi connectivity index (χ1n) is 6.43. The quantitative estimate of drug-likeness (QED) is 0.850. The number of aryl methyl sites for hydroxylation is 1. The molecule has 1 N–H and O–H groups in total. The van der Waals surface area contributed by atoms with Gasteiger partial charge in [0.05, 0.1) is 6.54 Å². The molecular formula is C15H16N2O3. The molecule has 104 valence electrons. The van der Waals surface area contributed by atoms with Crippen LogP contribution in [0.4, 0.5) is 10.5 Å². The van der Waals surface area contributed by atoms with Gasteiger partial charge in [0.15, 0.2) is 0 Å². The normalized spacial score (nSPS) is 13.2. The first-order valence-corrected chi connectivity index (χ1v) is 6.43. The van der Waals surface area contributed by atoms with E-state index < -0.39 is 5.97 Å². The van der Waals surface area contributed by atoms with Crippen molar-refractivity contribution in [1.29, 1.82) is 0 Å². The van der Waals surface area contributed by atoms with E-state index in [4.69, 9.17) is 11.5 Å². The van der Waals surface area contributed by atoms with Crippen LogP contribution in [-0.4, -0.2) is 41.6 Å². The second-order valence-electron chi connectivity index (χ2n) is 4.62. The van der Waals surface area contributed by atoms with Crippen molar-refractivity contribution in [3.8, 4) is 12.3 Å². The lowest BCUT2D eigenvalue weighted by atomic mass is 10.0. The number of rotatable bonds is 3. The number of urea groups is 1. The van der Waals surface area contributed by atoms with Gasteiger partial charge in [0.25, 0.3) is 0 Å². The number of anilines is 1. The zero-order valence-electron chi connectivity index (χ0n) is 11.1. The van der Waals surface area contributed by atoms with Gasteiger partial charge < -0.3 is 10.0 Å². The van der Waals surface area contributed by atoms with E-state index in [-0.39, 0.29) is 19.1 Å². The number of hydrogen-bond donors (Lipinski definition) is 1. The monoisotopic (exact) mass is 272 g/mol. The third kappa shape index (κ3) is 2.91. The van der Waals surface area contributed by atoms with Crippen LogP contribution in [0.25, 0.3) is 0 Å². The largest absolute Gasteiger partial charge is 0.480 e. The maximum absolute atomic E-state index is 12.5. The summed E-state index contributed by atoms with van der Waals surface area (Å²) in [6.07, 6.45) is 7.00. The summed E-state index contributed by atoms with van der Waals surface area (Å²) >= 11 is 0. The molecule has 1 aromatic carbocycles. The van der Waals surface area contributed by atoms with E-state index in [1.807, 2.05) is 24.3 Å². The minimum Gasteiger partial charge on any atom is -0.480 e. The molecule has 0 atom stereocenters. The number of para-hydroxylation sites is 1. The molecule has 0 radical (unpaired) electrons. The summed E-state index contributed by atoms with van der Waals surface area (Å²) in [6, 6.07) is 7.31. The number of carbonyl (C=O) groups excluding carboxylic acids is 1. The SMILES string of the molecule is C#CCN(CC(=O)O)C(=O)N1CCCc2ccccc21. The topological polar surface area (TPSA) is 60.9 Å². The number of nitrogens with zero attached hydrogens (tertiary/aromatic N) is 2. The first kappa shape index (κ1) is 13.9. The number of carboxylic acid groups (broad SMARTS) is 1. The van der Waals surface area contributed by atoms with E-state index in [2.05, 4.69) is 5.92 Å². The third-order valence-corrected chi connectivity index (χ3v) is 3.22. The zero-order chi connectivity index (χ0) is 14.5. The van der Waals surface area contributed by atoms with Crippen LogP contribution in [0.3, 0.4) is 0 Å². The smallest absolute Gasteiger partial charge is 0.325 e. The van der Waals surface area contributed by atoms with Gasteiger partial charge in [0.2, 0.25) is 0 Å². The third-order valence-electron chi connectivity index (χ3n) is 3.22. The Kier molecular flexibility index (Phi) is 4.26. The molecule has 0 fully saturated rings. The second kappa shape index (κ2) is 6.11. The highest BCUT2D eigenvalue weighted by Gasteiger charge is 2.27. The van der Waals surface area contributed by atoms with Crippen LogP contribution < -0.4 is 4.90 Å². The van der Waals surface area contributed by atoms with Crippen molar-refractivity contribution in [3.63, 3.8) is 0 Å². The minimum atomic E-state index is -1.07. The molecule has 0 aliphatic carbocycles. The van der Waals surface area contributed by atoms with Gasteiger partial charge in [-0.25, -0.2) is 4.79 Å². The van der Waals surface area contributed by atoms with Crippen molar-refractivity contribution in [1.82, 2.24) is 4.90 Å². The van der Waals surface area contributed by atoms with Crippen molar-refractivity contribution >= 4 is 17.7 Å². The number of aliphatic carboxylic acids is 1. The summed E-state index contributed by atoms with van der Waals surface area (Å²) < 4.78 is 0. The average molecular weight is 272 g/mol. The van der Waals surface area contributed by atoms with Crippen LogP contribution in [0.2, 0.25) is 0 Å². The molecule has 1 aliphatic rings. The molecule has 0 saturated heterocycles. The van der Waals surface area contributed by atoms with E-state index in [1.165, 1.54) is 4.90 Å². The van der Waals surface area contributed by atoms with E-state index in [0.29, 0.717) is 6.54 Å². The zero-order valence-corrected chi connectivity index (χ0v) is 11.1. The van der Waals surface area contributed by atoms with Gasteiger partial charge >= 0.3 is 12.0 Å². The van der Waals surface area contributed by atoms with Gasteiger partial charge in [-0.2, -0.15) is 0 Å². The summed E-state index contributed by atoms with van der Waals surface area (Å²) in [6.45, 7) is 0.183. The standard InChI is InChI=1S/C15H16N2O3/c1-2-9-16(11-14(18)19)15(20)17-10-5-7-12-6-3-4-8-13(12)17/h1,3-4,6,8H,5,7,9-11H2,(H,18,19).